The Bertz CT molecular complexity index is 620. The Labute approximate surface area is 146 Å². The molecule has 1 aliphatic rings. The second-order valence-corrected chi connectivity index (χ2v) is 7.44. The molecule has 0 aliphatic carbocycles. The van der Waals surface area contributed by atoms with Crippen molar-refractivity contribution in [1.29, 1.82) is 0 Å². The lowest BCUT2D eigenvalue weighted by atomic mass is 9.88. The van der Waals surface area contributed by atoms with E-state index in [1.165, 1.54) is 16.7 Å². The first-order valence-corrected chi connectivity index (χ1v) is 9.15. The molecule has 1 heterocycles. The molecule has 2 aromatic carbocycles. The predicted molar refractivity (Wildman–Crippen MR) is 100 cm³/mol. The Morgan fingerprint density at radius 1 is 1.00 bits per heavy atom. The van der Waals surface area contributed by atoms with Crippen LogP contribution in [0.2, 0.25) is 0 Å². The van der Waals surface area contributed by atoms with Crippen molar-refractivity contribution < 1.29 is 5.11 Å². The minimum atomic E-state index is -0.179. The van der Waals surface area contributed by atoms with E-state index >= 15 is 0 Å². The van der Waals surface area contributed by atoms with Gasteiger partial charge in [0.1, 0.15) is 0 Å². The van der Waals surface area contributed by atoms with E-state index in [1.54, 1.807) is 0 Å². The Morgan fingerprint density at radius 2 is 1.71 bits per heavy atom. The lowest BCUT2D eigenvalue weighted by Crippen LogP contribution is -2.43. The zero-order valence-electron chi connectivity index (χ0n) is 14.9. The van der Waals surface area contributed by atoms with E-state index < -0.39 is 0 Å². The maximum Gasteiger partial charge on any atom is 0.0596 e. The van der Waals surface area contributed by atoms with Crippen molar-refractivity contribution in [2.45, 2.75) is 45.3 Å². The van der Waals surface area contributed by atoms with Gasteiger partial charge in [-0.3, -0.25) is 4.90 Å². The van der Waals surface area contributed by atoms with Gasteiger partial charge < -0.3 is 5.11 Å². The molecule has 128 valence electrons. The molecule has 2 atom stereocenters. The van der Waals surface area contributed by atoms with E-state index in [-0.39, 0.29) is 6.10 Å². The fraction of sp³-hybridized carbons (Fsp3) is 0.455. The number of rotatable bonds is 5. The molecule has 1 fully saturated rings. The van der Waals surface area contributed by atoms with Gasteiger partial charge in [0.15, 0.2) is 0 Å². The third-order valence-corrected chi connectivity index (χ3v) is 5.17. The molecule has 2 nitrogen and oxygen atoms in total. The van der Waals surface area contributed by atoms with Gasteiger partial charge >= 0.3 is 0 Å². The molecule has 0 spiro atoms. The van der Waals surface area contributed by atoms with E-state index in [1.807, 2.05) is 0 Å². The topological polar surface area (TPSA) is 23.5 Å². The summed E-state index contributed by atoms with van der Waals surface area (Å²) in [4.78, 5) is 2.48. The van der Waals surface area contributed by atoms with Crippen LogP contribution in [0.15, 0.2) is 54.6 Å². The van der Waals surface area contributed by atoms with Crippen molar-refractivity contribution in [3.8, 4) is 0 Å². The summed E-state index contributed by atoms with van der Waals surface area (Å²) in [5.74, 6) is 0.896. The summed E-state index contributed by atoms with van der Waals surface area (Å²) in [5.41, 5.74) is 4.08. The first kappa shape index (κ1) is 17.2. The van der Waals surface area contributed by atoms with Crippen LogP contribution in [-0.2, 0) is 13.0 Å². The van der Waals surface area contributed by atoms with E-state index in [2.05, 4.69) is 73.3 Å². The van der Waals surface area contributed by atoms with E-state index in [4.69, 9.17) is 0 Å². The first-order chi connectivity index (χ1) is 11.6. The number of aliphatic hydroxyl groups is 1. The monoisotopic (exact) mass is 323 g/mol. The summed E-state index contributed by atoms with van der Waals surface area (Å²) < 4.78 is 0. The molecule has 2 unspecified atom stereocenters. The van der Waals surface area contributed by atoms with Crippen LogP contribution in [0.3, 0.4) is 0 Å². The van der Waals surface area contributed by atoms with Gasteiger partial charge in [0.25, 0.3) is 0 Å². The van der Waals surface area contributed by atoms with Crippen LogP contribution in [0.1, 0.15) is 42.9 Å². The number of piperidine rings is 1. The van der Waals surface area contributed by atoms with E-state index in [9.17, 15) is 5.11 Å². The standard InChI is InChI=1S/C22H29NO/c1-17(2)20-10-8-18(9-11-20)14-21-16-23(13-12-22(21)24)15-19-6-4-3-5-7-19/h3-11,17,21-22,24H,12-16H2,1-2H3. The van der Waals surface area contributed by atoms with Gasteiger partial charge in [0.05, 0.1) is 6.10 Å². The highest BCUT2D eigenvalue weighted by Gasteiger charge is 2.27. The maximum atomic E-state index is 10.4. The number of aliphatic hydroxyl groups excluding tert-OH is 1. The summed E-state index contributed by atoms with van der Waals surface area (Å²) in [7, 11) is 0. The fourth-order valence-corrected chi connectivity index (χ4v) is 3.62. The van der Waals surface area contributed by atoms with Gasteiger partial charge in [-0.2, -0.15) is 0 Å². The number of hydrogen-bond donors (Lipinski definition) is 1. The maximum absolute atomic E-state index is 10.4. The van der Waals surface area contributed by atoms with Crippen LogP contribution in [0.5, 0.6) is 0 Å². The van der Waals surface area contributed by atoms with Crippen LogP contribution in [0, 0.1) is 5.92 Å². The van der Waals surface area contributed by atoms with Gasteiger partial charge in [-0.25, -0.2) is 0 Å². The van der Waals surface area contributed by atoms with Crippen molar-refractivity contribution in [1.82, 2.24) is 4.90 Å². The Kier molecular flexibility index (Phi) is 5.70. The summed E-state index contributed by atoms with van der Waals surface area (Å²) >= 11 is 0. The van der Waals surface area contributed by atoms with Crippen molar-refractivity contribution in [2.24, 2.45) is 5.92 Å². The van der Waals surface area contributed by atoms with Crippen LogP contribution < -0.4 is 0 Å². The Morgan fingerprint density at radius 3 is 2.38 bits per heavy atom. The highest BCUT2D eigenvalue weighted by molar-refractivity contribution is 5.25. The van der Waals surface area contributed by atoms with Gasteiger partial charge in [-0.15, -0.1) is 0 Å². The van der Waals surface area contributed by atoms with Crippen molar-refractivity contribution in [3.05, 3.63) is 71.3 Å². The molecule has 3 rings (SSSR count). The number of nitrogens with zero attached hydrogens (tertiary/aromatic N) is 1. The first-order valence-electron chi connectivity index (χ1n) is 9.15. The average Bonchev–Trinajstić information content (AvgIpc) is 2.59. The molecular weight excluding hydrogens is 294 g/mol. The van der Waals surface area contributed by atoms with Crippen LogP contribution in [-0.4, -0.2) is 29.2 Å². The number of likely N-dealkylation sites (tertiary alicyclic amines) is 1. The SMILES string of the molecule is CC(C)c1ccc(CC2CN(Cc3ccccc3)CCC2O)cc1. The fourth-order valence-electron chi connectivity index (χ4n) is 3.62. The lowest BCUT2D eigenvalue weighted by molar-refractivity contribution is 0.0239. The molecule has 0 saturated carbocycles. The molecule has 24 heavy (non-hydrogen) atoms. The molecule has 1 aliphatic heterocycles. The quantitative estimate of drug-likeness (QED) is 0.890. The predicted octanol–water partition coefficient (Wildman–Crippen LogP) is 4.24. The summed E-state index contributed by atoms with van der Waals surface area (Å²) in [6.45, 7) is 7.39. The molecule has 0 amide bonds. The zero-order chi connectivity index (χ0) is 16.9. The van der Waals surface area contributed by atoms with Crippen molar-refractivity contribution in [2.75, 3.05) is 13.1 Å². The highest BCUT2D eigenvalue weighted by Crippen LogP contribution is 2.24. The number of hydrogen-bond acceptors (Lipinski definition) is 2. The third kappa shape index (κ3) is 4.46. The Hall–Kier alpha value is -1.64. The third-order valence-electron chi connectivity index (χ3n) is 5.17. The van der Waals surface area contributed by atoms with Crippen molar-refractivity contribution in [3.63, 3.8) is 0 Å². The largest absolute Gasteiger partial charge is 0.393 e. The van der Waals surface area contributed by atoms with Crippen LogP contribution in [0.4, 0.5) is 0 Å². The van der Waals surface area contributed by atoms with Gasteiger partial charge in [0, 0.05) is 25.6 Å². The van der Waals surface area contributed by atoms with E-state index in [0.29, 0.717) is 11.8 Å². The van der Waals surface area contributed by atoms with Gasteiger partial charge in [-0.05, 0) is 35.4 Å². The minimum absolute atomic E-state index is 0.179. The lowest BCUT2D eigenvalue weighted by Gasteiger charge is -2.36. The van der Waals surface area contributed by atoms with Gasteiger partial charge in [-0.1, -0.05) is 68.4 Å². The molecular formula is C22H29NO. The molecule has 2 heteroatoms. The molecule has 0 radical (unpaired) electrons. The van der Waals surface area contributed by atoms with Gasteiger partial charge in [0.2, 0.25) is 0 Å². The second-order valence-electron chi connectivity index (χ2n) is 7.44. The Balaban J connectivity index is 1.61. The smallest absolute Gasteiger partial charge is 0.0596 e. The summed E-state index contributed by atoms with van der Waals surface area (Å²) in [6, 6.07) is 19.6. The normalized spacial score (nSPS) is 22.0. The molecule has 1 N–H and O–H groups in total. The van der Waals surface area contributed by atoms with E-state index in [0.717, 1.165) is 32.5 Å². The summed E-state index contributed by atoms with van der Waals surface area (Å²) in [6.07, 6.45) is 1.66. The molecule has 2 aromatic rings. The molecule has 0 bridgehead atoms. The van der Waals surface area contributed by atoms with Crippen LogP contribution >= 0.6 is 0 Å². The average molecular weight is 323 g/mol. The highest BCUT2D eigenvalue weighted by atomic mass is 16.3. The molecule has 1 saturated heterocycles. The molecule has 0 aromatic heterocycles. The minimum Gasteiger partial charge on any atom is -0.393 e. The second kappa shape index (κ2) is 7.96. The summed E-state index contributed by atoms with van der Waals surface area (Å²) in [5, 5.41) is 10.4. The van der Waals surface area contributed by atoms with Crippen molar-refractivity contribution >= 4 is 0 Å². The van der Waals surface area contributed by atoms with Crippen LogP contribution in [0.25, 0.3) is 0 Å². The number of benzene rings is 2. The zero-order valence-corrected chi connectivity index (χ0v) is 14.9.